The maximum absolute atomic E-state index is 2.50. The molecule has 0 radical (unpaired) electrons. The van der Waals surface area contributed by atoms with E-state index in [2.05, 4.69) is 252 Å². The molecule has 282 valence electrons. The smallest absolute Gasteiger partial charge is 0.0619 e. The number of rotatable bonds is 8. The Bertz CT molecular complexity index is 3030. The van der Waals surface area contributed by atoms with Crippen LogP contribution in [0.2, 0.25) is 0 Å². The van der Waals surface area contributed by atoms with Gasteiger partial charge in [-0.05, 0) is 80.9 Å². The average Bonchev–Trinajstić information content (AvgIpc) is 3.85. The Labute approximate surface area is 350 Å². The minimum atomic E-state index is 1.11. The number of hydrogen-bond acceptors (Lipinski definition) is 0. The fourth-order valence-corrected chi connectivity index (χ4v) is 9.05. The molecule has 0 atom stereocenters. The van der Waals surface area contributed by atoms with E-state index in [0.29, 0.717) is 0 Å². The van der Waals surface area contributed by atoms with Crippen molar-refractivity contribution in [3.05, 3.63) is 243 Å². The van der Waals surface area contributed by atoms with Crippen molar-refractivity contribution in [3.63, 3.8) is 0 Å². The van der Waals surface area contributed by atoms with Crippen LogP contribution in [0.1, 0.15) is 0 Å². The highest BCUT2D eigenvalue weighted by molar-refractivity contribution is 6.15. The van der Waals surface area contributed by atoms with Crippen LogP contribution in [-0.2, 0) is 0 Å². The Hall–Kier alpha value is -7.94. The second-order valence-corrected chi connectivity index (χ2v) is 15.3. The second-order valence-electron chi connectivity index (χ2n) is 15.3. The second kappa shape index (κ2) is 15.1. The number of benzene rings is 9. The van der Waals surface area contributed by atoms with E-state index in [0.717, 1.165) is 44.9 Å². The molecule has 0 aliphatic heterocycles. The Morgan fingerprint density at radius 2 is 0.500 bits per heavy atom. The highest BCUT2D eigenvalue weighted by Crippen LogP contribution is 2.49. The molecule has 0 aliphatic rings. The van der Waals surface area contributed by atoms with E-state index in [-0.39, 0.29) is 0 Å². The molecule has 0 saturated carbocycles. The third-order valence-corrected chi connectivity index (χ3v) is 11.7. The molecule has 2 aromatic heterocycles. The zero-order valence-corrected chi connectivity index (χ0v) is 33.0. The molecule has 2 heterocycles. The number of hydrogen-bond donors (Lipinski definition) is 0. The van der Waals surface area contributed by atoms with Crippen LogP contribution < -0.4 is 0 Å². The molecule has 60 heavy (non-hydrogen) atoms. The lowest BCUT2D eigenvalue weighted by atomic mass is 9.96. The lowest BCUT2D eigenvalue weighted by molar-refractivity contribution is 1.13. The molecule has 2 heteroatoms. The van der Waals surface area contributed by atoms with Gasteiger partial charge >= 0.3 is 0 Å². The molecule has 11 aromatic rings. The molecule has 0 saturated heterocycles. The summed E-state index contributed by atoms with van der Waals surface area (Å²) in [4.78, 5) is 0. The van der Waals surface area contributed by atoms with Crippen molar-refractivity contribution in [1.29, 1.82) is 0 Å². The third-order valence-electron chi connectivity index (χ3n) is 11.7. The van der Waals surface area contributed by atoms with Crippen molar-refractivity contribution >= 4 is 21.8 Å². The lowest BCUT2D eigenvalue weighted by Gasteiger charge is -2.15. The molecule has 0 spiro atoms. The highest BCUT2D eigenvalue weighted by Gasteiger charge is 2.27. The van der Waals surface area contributed by atoms with E-state index in [4.69, 9.17) is 0 Å². The molecule has 0 fully saturated rings. The molecule has 0 amide bonds. The third kappa shape index (κ3) is 6.14. The summed E-state index contributed by atoms with van der Waals surface area (Å²) in [6, 6.07) is 87.9. The molecular weight excluding hydrogens is 725 g/mol. The predicted octanol–water partition coefficient (Wildman–Crippen LogP) is 15.6. The average molecular weight is 765 g/mol. The standard InChI is InChI=1S/C58H40N2/c1-7-21-41(22-8-1)47-33-19-35-49(37-47)59-53-39-52-54(40-51(53)55(43-25-11-3-12-26-43)57(59)45-29-15-5-16-30-45)60(50-36-20-34-48(38-50)42-23-9-2-10-24-42)58(46-31-17-6-18-32-46)56(52)44-27-13-4-14-28-44/h1-40H. The van der Waals surface area contributed by atoms with Gasteiger partial charge in [-0.25, -0.2) is 0 Å². The van der Waals surface area contributed by atoms with E-state index in [1.54, 1.807) is 0 Å². The van der Waals surface area contributed by atoms with Gasteiger partial charge in [0, 0.05) is 33.3 Å². The van der Waals surface area contributed by atoms with Crippen molar-refractivity contribution in [2.75, 3.05) is 0 Å². The fraction of sp³-hybridized carbons (Fsp3) is 0. The van der Waals surface area contributed by atoms with Crippen LogP contribution in [0, 0.1) is 0 Å². The summed E-state index contributed by atoms with van der Waals surface area (Å²) in [6.07, 6.45) is 0. The van der Waals surface area contributed by atoms with Gasteiger partial charge in [0.05, 0.1) is 22.4 Å². The Morgan fingerprint density at radius 1 is 0.217 bits per heavy atom. The first kappa shape index (κ1) is 35.2. The number of fused-ring (bicyclic) bond motifs is 2. The Kier molecular flexibility index (Phi) is 8.87. The summed E-state index contributed by atoms with van der Waals surface area (Å²) >= 11 is 0. The SMILES string of the molecule is c1ccc(-c2cccc(-n3c(-c4ccccc4)c(-c4ccccc4)c4cc5c(cc43)c(-c3ccccc3)c(-c3ccccc3)n5-c3cccc(-c4ccccc4)c3)c2)cc1. The van der Waals surface area contributed by atoms with Crippen molar-refractivity contribution < 1.29 is 0 Å². The number of aromatic nitrogens is 2. The molecule has 9 aromatic carbocycles. The molecular formula is C58H40N2. The summed E-state index contributed by atoms with van der Waals surface area (Å²) in [5, 5.41) is 2.38. The first-order chi connectivity index (χ1) is 29.8. The zero-order chi connectivity index (χ0) is 39.8. The monoisotopic (exact) mass is 764 g/mol. The van der Waals surface area contributed by atoms with Crippen molar-refractivity contribution in [1.82, 2.24) is 9.13 Å². The minimum absolute atomic E-state index is 1.11. The van der Waals surface area contributed by atoms with Gasteiger partial charge < -0.3 is 9.13 Å². The normalized spacial score (nSPS) is 11.3. The number of nitrogens with zero attached hydrogens (tertiary/aromatic N) is 2. The van der Waals surface area contributed by atoms with Crippen molar-refractivity contribution in [2.24, 2.45) is 0 Å². The molecule has 0 unspecified atom stereocenters. The van der Waals surface area contributed by atoms with E-state index in [1.165, 1.54) is 55.3 Å². The maximum atomic E-state index is 2.50. The van der Waals surface area contributed by atoms with Gasteiger partial charge in [-0.3, -0.25) is 0 Å². The van der Waals surface area contributed by atoms with Gasteiger partial charge in [-0.15, -0.1) is 0 Å². The molecule has 2 nitrogen and oxygen atoms in total. The fourth-order valence-electron chi connectivity index (χ4n) is 9.05. The van der Waals surface area contributed by atoms with Crippen LogP contribution in [0.15, 0.2) is 243 Å². The van der Waals surface area contributed by atoms with Gasteiger partial charge in [-0.1, -0.05) is 206 Å². The van der Waals surface area contributed by atoms with Crippen LogP contribution in [0.5, 0.6) is 0 Å². The van der Waals surface area contributed by atoms with Gasteiger partial charge in [0.2, 0.25) is 0 Å². The van der Waals surface area contributed by atoms with Crippen LogP contribution in [0.25, 0.3) is 100 Å². The predicted molar refractivity (Wildman–Crippen MR) is 253 cm³/mol. The summed E-state index contributed by atoms with van der Waals surface area (Å²) in [6.45, 7) is 0. The summed E-state index contributed by atoms with van der Waals surface area (Å²) in [5.41, 5.74) is 18.7. The van der Waals surface area contributed by atoms with Crippen molar-refractivity contribution in [2.45, 2.75) is 0 Å². The topological polar surface area (TPSA) is 9.86 Å². The van der Waals surface area contributed by atoms with Gasteiger partial charge in [0.15, 0.2) is 0 Å². The molecule has 0 bridgehead atoms. The van der Waals surface area contributed by atoms with E-state index in [9.17, 15) is 0 Å². The Balaban J connectivity index is 1.32. The minimum Gasteiger partial charge on any atom is -0.309 e. The lowest BCUT2D eigenvalue weighted by Crippen LogP contribution is -1.98. The summed E-state index contributed by atoms with van der Waals surface area (Å²) in [7, 11) is 0. The molecule has 0 aliphatic carbocycles. The maximum Gasteiger partial charge on any atom is 0.0619 e. The largest absolute Gasteiger partial charge is 0.309 e. The molecule has 0 N–H and O–H groups in total. The van der Waals surface area contributed by atoms with Crippen molar-refractivity contribution in [3.8, 4) is 78.4 Å². The van der Waals surface area contributed by atoms with E-state index < -0.39 is 0 Å². The molecule has 11 rings (SSSR count). The summed E-state index contributed by atoms with van der Waals surface area (Å²) in [5.74, 6) is 0. The quantitative estimate of drug-likeness (QED) is 0.146. The van der Waals surface area contributed by atoms with Crippen LogP contribution >= 0.6 is 0 Å². The Morgan fingerprint density at radius 3 is 0.833 bits per heavy atom. The van der Waals surface area contributed by atoms with Crippen LogP contribution in [0.4, 0.5) is 0 Å². The van der Waals surface area contributed by atoms with Gasteiger partial charge in [0.25, 0.3) is 0 Å². The van der Waals surface area contributed by atoms with Gasteiger partial charge in [0.1, 0.15) is 0 Å². The van der Waals surface area contributed by atoms with E-state index in [1.807, 2.05) is 0 Å². The van der Waals surface area contributed by atoms with Gasteiger partial charge in [-0.2, -0.15) is 0 Å². The first-order valence-electron chi connectivity index (χ1n) is 20.6. The first-order valence-corrected chi connectivity index (χ1v) is 20.6. The van der Waals surface area contributed by atoms with Crippen LogP contribution in [0.3, 0.4) is 0 Å². The zero-order valence-electron chi connectivity index (χ0n) is 33.0. The van der Waals surface area contributed by atoms with E-state index >= 15 is 0 Å². The van der Waals surface area contributed by atoms with Crippen LogP contribution in [-0.4, -0.2) is 9.13 Å². The summed E-state index contributed by atoms with van der Waals surface area (Å²) < 4.78 is 5.01. The highest BCUT2D eigenvalue weighted by atomic mass is 15.0.